The van der Waals surface area contributed by atoms with Crippen molar-refractivity contribution in [3.63, 3.8) is 0 Å². The minimum atomic E-state index is -0.00472. The van der Waals surface area contributed by atoms with Gasteiger partial charge in [-0.15, -0.1) is 0 Å². The summed E-state index contributed by atoms with van der Waals surface area (Å²) in [5, 5.41) is 7.13. The molecule has 1 aliphatic rings. The molecule has 2 heterocycles. The highest BCUT2D eigenvalue weighted by atomic mass is 16.2. The average Bonchev–Trinajstić information content (AvgIpc) is 2.54. The van der Waals surface area contributed by atoms with Crippen LogP contribution >= 0.6 is 0 Å². The van der Waals surface area contributed by atoms with Gasteiger partial charge in [0.15, 0.2) is 0 Å². The zero-order valence-electron chi connectivity index (χ0n) is 10.6. The van der Waals surface area contributed by atoms with E-state index >= 15 is 0 Å². The molecule has 0 radical (unpaired) electrons. The Bertz CT molecular complexity index is 391. The Balaban J connectivity index is 1.98. The molecule has 17 heavy (non-hydrogen) atoms. The number of likely N-dealkylation sites (tertiary alicyclic amines) is 1. The van der Waals surface area contributed by atoms with Crippen LogP contribution in [0.4, 0.5) is 10.6 Å². The van der Waals surface area contributed by atoms with Gasteiger partial charge in [0.2, 0.25) is 0 Å². The number of nitrogens with one attached hydrogen (secondary N) is 1. The molecule has 5 nitrogen and oxygen atoms in total. The molecule has 0 spiro atoms. The van der Waals surface area contributed by atoms with E-state index < -0.39 is 0 Å². The maximum Gasteiger partial charge on any atom is 0.322 e. The first-order valence-corrected chi connectivity index (χ1v) is 6.23. The molecule has 1 saturated heterocycles. The molecule has 0 bridgehead atoms. The molecule has 1 aromatic heterocycles. The first-order chi connectivity index (χ1) is 8.16. The van der Waals surface area contributed by atoms with Crippen LogP contribution in [0.25, 0.3) is 0 Å². The fraction of sp³-hybridized carbons (Fsp3) is 0.667. The number of carbonyl (C=O) groups is 1. The predicted molar refractivity (Wildman–Crippen MR) is 67.0 cm³/mol. The lowest BCUT2D eigenvalue weighted by molar-refractivity contribution is 0.213. The number of hydrogen-bond donors (Lipinski definition) is 1. The Morgan fingerprint density at radius 3 is 2.47 bits per heavy atom. The van der Waals surface area contributed by atoms with Gasteiger partial charge in [-0.2, -0.15) is 5.10 Å². The van der Waals surface area contributed by atoms with Gasteiger partial charge in [0, 0.05) is 26.2 Å². The van der Waals surface area contributed by atoms with Crippen LogP contribution in [0.1, 0.15) is 31.4 Å². The lowest BCUT2D eigenvalue weighted by atomic mass is 10.2. The summed E-state index contributed by atoms with van der Waals surface area (Å²) in [6.07, 6.45) is 4.68. The molecule has 1 aromatic rings. The van der Waals surface area contributed by atoms with Gasteiger partial charge < -0.3 is 4.90 Å². The maximum atomic E-state index is 12.1. The first kappa shape index (κ1) is 12.0. The number of hydrogen-bond acceptors (Lipinski definition) is 2. The quantitative estimate of drug-likeness (QED) is 0.812. The third-order valence-corrected chi connectivity index (χ3v) is 3.13. The summed E-state index contributed by atoms with van der Waals surface area (Å²) in [4.78, 5) is 14.0. The van der Waals surface area contributed by atoms with E-state index in [1.807, 2.05) is 24.9 Å². The number of aryl methyl sites for hydroxylation is 2. The van der Waals surface area contributed by atoms with Crippen LogP contribution in [0.3, 0.4) is 0 Å². The third kappa shape index (κ3) is 2.99. The molecule has 5 heteroatoms. The summed E-state index contributed by atoms with van der Waals surface area (Å²) in [6.45, 7) is 3.65. The number of urea groups is 1. The highest BCUT2D eigenvalue weighted by Gasteiger charge is 2.16. The van der Waals surface area contributed by atoms with Crippen molar-refractivity contribution in [2.24, 2.45) is 7.05 Å². The number of carbonyl (C=O) groups excluding carboxylic acids is 1. The Kier molecular flexibility index (Phi) is 3.66. The van der Waals surface area contributed by atoms with Gasteiger partial charge in [0.05, 0.1) is 5.69 Å². The predicted octanol–water partition coefficient (Wildman–Crippen LogP) is 2.14. The summed E-state index contributed by atoms with van der Waals surface area (Å²) < 4.78 is 1.70. The Morgan fingerprint density at radius 1 is 1.29 bits per heavy atom. The summed E-state index contributed by atoms with van der Waals surface area (Å²) in [5.41, 5.74) is 0.915. The second kappa shape index (κ2) is 5.21. The van der Waals surface area contributed by atoms with E-state index in [0.29, 0.717) is 0 Å². The van der Waals surface area contributed by atoms with Crippen molar-refractivity contribution in [3.8, 4) is 0 Å². The van der Waals surface area contributed by atoms with Crippen LogP contribution in [0, 0.1) is 6.92 Å². The molecule has 0 aromatic carbocycles. The molecule has 0 saturated carbocycles. The monoisotopic (exact) mass is 236 g/mol. The van der Waals surface area contributed by atoms with E-state index in [1.54, 1.807) is 4.68 Å². The molecule has 94 valence electrons. The van der Waals surface area contributed by atoms with Crippen molar-refractivity contribution in [2.45, 2.75) is 32.6 Å². The normalized spacial score (nSPS) is 16.7. The van der Waals surface area contributed by atoms with Crippen LogP contribution in [-0.4, -0.2) is 33.8 Å². The molecule has 0 aliphatic carbocycles. The molecule has 1 aliphatic heterocycles. The van der Waals surface area contributed by atoms with Gasteiger partial charge in [0.1, 0.15) is 5.82 Å². The molecular formula is C12H20N4O. The largest absolute Gasteiger partial charge is 0.325 e. The zero-order chi connectivity index (χ0) is 12.3. The molecule has 1 N–H and O–H groups in total. The molecular weight excluding hydrogens is 216 g/mol. The summed E-state index contributed by atoms with van der Waals surface area (Å²) in [5.74, 6) is 0.761. The zero-order valence-corrected chi connectivity index (χ0v) is 10.6. The van der Waals surface area contributed by atoms with Crippen molar-refractivity contribution in [1.82, 2.24) is 14.7 Å². The molecule has 2 rings (SSSR count). The SMILES string of the molecule is Cc1cc(NC(=O)N2CCCCCC2)n(C)n1. The lowest BCUT2D eigenvalue weighted by Gasteiger charge is -2.20. The minimum Gasteiger partial charge on any atom is -0.325 e. The number of aromatic nitrogens is 2. The topological polar surface area (TPSA) is 50.2 Å². The smallest absolute Gasteiger partial charge is 0.322 e. The van der Waals surface area contributed by atoms with Gasteiger partial charge in [0.25, 0.3) is 0 Å². The second-order valence-electron chi connectivity index (χ2n) is 4.63. The van der Waals surface area contributed by atoms with Crippen molar-refractivity contribution in [1.29, 1.82) is 0 Å². The van der Waals surface area contributed by atoms with E-state index in [-0.39, 0.29) is 6.03 Å². The Labute approximate surface area is 102 Å². The summed E-state index contributed by atoms with van der Waals surface area (Å²) in [6, 6.07) is 1.88. The first-order valence-electron chi connectivity index (χ1n) is 6.23. The maximum absolute atomic E-state index is 12.1. The van der Waals surface area contributed by atoms with Gasteiger partial charge in [-0.1, -0.05) is 12.8 Å². The Morgan fingerprint density at radius 2 is 1.94 bits per heavy atom. The second-order valence-corrected chi connectivity index (χ2v) is 4.63. The number of rotatable bonds is 1. The highest BCUT2D eigenvalue weighted by molar-refractivity contribution is 5.88. The fourth-order valence-electron chi connectivity index (χ4n) is 2.19. The van der Waals surface area contributed by atoms with Crippen molar-refractivity contribution in [2.75, 3.05) is 18.4 Å². The molecule has 2 amide bonds. The average molecular weight is 236 g/mol. The molecule has 0 unspecified atom stereocenters. The van der Waals surface area contributed by atoms with Crippen LogP contribution < -0.4 is 5.32 Å². The minimum absolute atomic E-state index is 0.00472. The van der Waals surface area contributed by atoms with Gasteiger partial charge in [-0.05, 0) is 19.8 Å². The van der Waals surface area contributed by atoms with Gasteiger partial charge in [-0.3, -0.25) is 10.00 Å². The van der Waals surface area contributed by atoms with E-state index in [2.05, 4.69) is 10.4 Å². The third-order valence-electron chi connectivity index (χ3n) is 3.13. The Hall–Kier alpha value is -1.52. The fourth-order valence-corrected chi connectivity index (χ4v) is 2.19. The highest BCUT2D eigenvalue weighted by Crippen LogP contribution is 2.13. The van der Waals surface area contributed by atoms with Crippen LogP contribution in [0.5, 0.6) is 0 Å². The lowest BCUT2D eigenvalue weighted by Crippen LogP contribution is -2.36. The van der Waals surface area contributed by atoms with Crippen molar-refractivity contribution in [3.05, 3.63) is 11.8 Å². The number of anilines is 1. The molecule has 1 fully saturated rings. The van der Waals surface area contributed by atoms with E-state index in [4.69, 9.17) is 0 Å². The standard InChI is InChI=1S/C12H20N4O/c1-10-9-11(15(2)14-10)13-12(17)16-7-5-3-4-6-8-16/h9H,3-8H2,1-2H3,(H,13,17). The molecule has 0 atom stereocenters. The van der Waals surface area contributed by atoms with Gasteiger partial charge in [-0.25, -0.2) is 4.79 Å². The van der Waals surface area contributed by atoms with E-state index in [0.717, 1.165) is 37.4 Å². The number of amides is 2. The van der Waals surface area contributed by atoms with Crippen LogP contribution in [0.2, 0.25) is 0 Å². The summed E-state index contributed by atoms with van der Waals surface area (Å²) in [7, 11) is 1.84. The van der Waals surface area contributed by atoms with Crippen molar-refractivity contribution >= 4 is 11.8 Å². The van der Waals surface area contributed by atoms with Crippen LogP contribution in [-0.2, 0) is 7.05 Å². The number of nitrogens with zero attached hydrogens (tertiary/aromatic N) is 3. The van der Waals surface area contributed by atoms with E-state index in [1.165, 1.54) is 12.8 Å². The summed E-state index contributed by atoms with van der Waals surface area (Å²) >= 11 is 0. The van der Waals surface area contributed by atoms with E-state index in [9.17, 15) is 4.79 Å². The van der Waals surface area contributed by atoms with Crippen LogP contribution in [0.15, 0.2) is 6.07 Å². The van der Waals surface area contributed by atoms with Gasteiger partial charge >= 0.3 is 6.03 Å². The van der Waals surface area contributed by atoms with Crippen molar-refractivity contribution < 1.29 is 4.79 Å².